The predicted molar refractivity (Wildman–Crippen MR) is 89.2 cm³/mol. The van der Waals surface area contributed by atoms with E-state index in [0.717, 1.165) is 21.1 Å². The highest BCUT2D eigenvalue weighted by atomic mass is 79.9. The molecule has 0 aromatic heterocycles. The fraction of sp³-hybridized carbons (Fsp3) is 0.600. The molecule has 1 aromatic rings. The Labute approximate surface area is 127 Å². The van der Waals surface area contributed by atoms with Crippen molar-refractivity contribution in [3.8, 4) is 0 Å². The number of hydrogen-bond acceptors (Lipinski definition) is 1. The normalized spacial score (nSPS) is 22.3. The number of nitrogen functional groups attached to an aromatic ring is 1. The first-order valence-corrected chi connectivity index (χ1v) is 7.35. The molecule has 0 bridgehead atoms. The number of rotatable bonds is 0. The van der Waals surface area contributed by atoms with Gasteiger partial charge in [-0.05, 0) is 43.3 Å². The van der Waals surface area contributed by atoms with Crippen LogP contribution in [0.2, 0.25) is 0 Å². The smallest absolute Gasteiger partial charge is 0.117 e. The summed E-state index contributed by atoms with van der Waals surface area (Å²) < 4.78 is 0.727. The molecule has 1 aliphatic rings. The second kappa shape index (κ2) is 3.84. The summed E-state index contributed by atoms with van der Waals surface area (Å²) in [7, 11) is 12.7. The topological polar surface area (TPSA) is 26.0 Å². The molecule has 0 saturated heterocycles. The van der Waals surface area contributed by atoms with E-state index < -0.39 is 0 Å². The standard InChI is InChI=1S/C15H20B2BrN/c1-13(2)7-8(14(3,4)15(13,5)6)10(17)12(19)11(18)9(7)16/h19H2,1-6H3. The lowest BCUT2D eigenvalue weighted by Crippen LogP contribution is -2.43. The van der Waals surface area contributed by atoms with Gasteiger partial charge in [-0.15, -0.1) is 0 Å². The molecule has 0 spiro atoms. The van der Waals surface area contributed by atoms with Crippen molar-refractivity contribution in [2.24, 2.45) is 5.41 Å². The van der Waals surface area contributed by atoms with Crippen LogP contribution in [0.15, 0.2) is 4.47 Å². The van der Waals surface area contributed by atoms with Crippen molar-refractivity contribution in [2.45, 2.75) is 52.4 Å². The zero-order valence-corrected chi connectivity index (χ0v) is 14.2. The van der Waals surface area contributed by atoms with Crippen molar-refractivity contribution in [1.29, 1.82) is 0 Å². The zero-order chi connectivity index (χ0) is 15.0. The highest BCUT2D eigenvalue weighted by Crippen LogP contribution is 2.60. The molecule has 0 aliphatic heterocycles. The van der Waals surface area contributed by atoms with Crippen molar-refractivity contribution in [3.05, 3.63) is 15.6 Å². The predicted octanol–water partition coefficient (Wildman–Crippen LogP) is 2.21. The van der Waals surface area contributed by atoms with Gasteiger partial charge in [-0.1, -0.05) is 52.5 Å². The van der Waals surface area contributed by atoms with Crippen LogP contribution >= 0.6 is 15.9 Å². The summed E-state index contributed by atoms with van der Waals surface area (Å²) >= 11 is 3.48. The molecule has 0 amide bonds. The zero-order valence-electron chi connectivity index (χ0n) is 12.6. The van der Waals surface area contributed by atoms with Crippen LogP contribution in [0.1, 0.15) is 52.7 Å². The second-order valence-corrected chi connectivity index (χ2v) is 7.97. The third kappa shape index (κ3) is 1.50. The second-order valence-electron chi connectivity index (χ2n) is 7.18. The van der Waals surface area contributed by atoms with E-state index in [0.29, 0.717) is 11.2 Å². The Bertz CT molecular complexity index is 525. The Morgan fingerprint density at radius 1 is 0.842 bits per heavy atom. The maximum absolute atomic E-state index is 6.34. The van der Waals surface area contributed by atoms with E-state index in [1.807, 2.05) is 0 Å². The number of nitrogens with two attached hydrogens (primary N) is 1. The van der Waals surface area contributed by atoms with Gasteiger partial charge in [0, 0.05) is 10.2 Å². The Morgan fingerprint density at radius 3 is 1.63 bits per heavy atom. The third-order valence-electron chi connectivity index (χ3n) is 5.93. The third-order valence-corrected chi connectivity index (χ3v) is 6.78. The molecule has 19 heavy (non-hydrogen) atoms. The molecule has 0 heterocycles. The van der Waals surface area contributed by atoms with Crippen molar-refractivity contribution in [2.75, 3.05) is 5.73 Å². The van der Waals surface area contributed by atoms with Crippen LogP contribution in [-0.4, -0.2) is 15.7 Å². The van der Waals surface area contributed by atoms with E-state index in [9.17, 15) is 0 Å². The molecular weight excluding hydrogens is 296 g/mol. The average Bonchev–Trinajstić information content (AvgIpc) is 2.39. The first kappa shape index (κ1) is 15.0. The minimum atomic E-state index is -0.0845. The molecule has 0 unspecified atom stereocenters. The van der Waals surface area contributed by atoms with Crippen molar-refractivity contribution < 1.29 is 0 Å². The largest absolute Gasteiger partial charge is 0.398 e. The molecule has 2 rings (SSSR count). The van der Waals surface area contributed by atoms with Gasteiger partial charge in [0.2, 0.25) is 0 Å². The Kier molecular flexibility index (Phi) is 3.04. The molecule has 4 radical (unpaired) electrons. The van der Waals surface area contributed by atoms with Crippen LogP contribution in [0.3, 0.4) is 0 Å². The Hall–Kier alpha value is -0.370. The van der Waals surface area contributed by atoms with Crippen molar-refractivity contribution in [3.63, 3.8) is 0 Å². The minimum Gasteiger partial charge on any atom is -0.398 e. The molecule has 4 heteroatoms. The lowest BCUT2D eigenvalue weighted by atomic mass is 9.58. The quantitative estimate of drug-likeness (QED) is 0.576. The number of hydrogen-bond donors (Lipinski definition) is 1. The molecule has 0 atom stereocenters. The monoisotopic (exact) mass is 315 g/mol. The summed E-state index contributed by atoms with van der Waals surface area (Å²) in [5, 5.41) is 0. The summed E-state index contributed by atoms with van der Waals surface area (Å²) in [5.74, 6) is 0. The highest BCUT2D eigenvalue weighted by molar-refractivity contribution is 9.10. The van der Waals surface area contributed by atoms with Crippen LogP contribution in [0.5, 0.6) is 0 Å². The van der Waals surface area contributed by atoms with Gasteiger partial charge in [-0.3, -0.25) is 0 Å². The molecule has 1 nitrogen and oxygen atoms in total. The van der Waals surface area contributed by atoms with Crippen LogP contribution in [0, 0.1) is 5.41 Å². The Morgan fingerprint density at radius 2 is 1.21 bits per heavy atom. The number of anilines is 1. The molecular formula is C15H20B2BrN. The SMILES string of the molecule is [B]c1c(N)c(Br)c([B])c2c1C(C)(C)C(C)(C)C2(C)C. The van der Waals surface area contributed by atoms with E-state index in [1.165, 1.54) is 0 Å². The van der Waals surface area contributed by atoms with E-state index in [2.05, 4.69) is 57.5 Å². The van der Waals surface area contributed by atoms with E-state index in [4.69, 9.17) is 21.4 Å². The first-order valence-electron chi connectivity index (χ1n) is 6.56. The average molecular weight is 316 g/mol. The van der Waals surface area contributed by atoms with Crippen molar-refractivity contribution >= 4 is 48.2 Å². The molecule has 2 N–H and O–H groups in total. The molecule has 1 aliphatic carbocycles. The van der Waals surface area contributed by atoms with Crippen molar-refractivity contribution in [1.82, 2.24) is 0 Å². The van der Waals surface area contributed by atoms with Crippen LogP contribution in [0.25, 0.3) is 0 Å². The maximum atomic E-state index is 6.34. The van der Waals surface area contributed by atoms with Gasteiger partial charge < -0.3 is 5.73 Å². The Balaban J connectivity index is 3.02. The summed E-state index contributed by atoms with van der Waals surface area (Å²) in [6, 6.07) is 0. The number of fused-ring (bicyclic) bond motifs is 1. The van der Waals surface area contributed by atoms with Crippen LogP contribution in [0.4, 0.5) is 5.69 Å². The summed E-state index contributed by atoms with van der Waals surface area (Å²) in [4.78, 5) is 0. The van der Waals surface area contributed by atoms with Gasteiger partial charge in [0.1, 0.15) is 15.7 Å². The van der Waals surface area contributed by atoms with Crippen LogP contribution in [-0.2, 0) is 10.8 Å². The maximum Gasteiger partial charge on any atom is 0.117 e. The lowest BCUT2D eigenvalue weighted by molar-refractivity contribution is 0.125. The molecule has 0 fully saturated rings. The van der Waals surface area contributed by atoms with Gasteiger partial charge in [0.05, 0.1) is 0 Å². The van der Waals surface area contributed by atoms with Crippen LogP contribution < -0.4 is 16.7 Å². The van der Waals surface area contributed by atoms with E-state index in [-0.39, 0.29) is 16.2 Å². The van der Waals surface area contributed by atoms with Gasteiger partial charge in [0.25, 0.3) is 0 Å². The van der Waals surface area contributed by atoms with Gasteiger partial charge >= 0.3 is 0 Å². The number of halogens is 1. The fourth-order valence-electron chi connectivity index (χ4n) is 3.48. The molecule has 1 aromatic carbocycles. The highest BCUT2D eigenvalue weighted by Gasteiger charge is 2.58. The summed E-state index contributed by atoms with van der Waals surface area (Å²) in [6.07, 6.45) is 0. The van der Waals surface area contributed by atoms with Gasteiger partial charge in [-0.25, -0.2) is 0 Å². The summed E-state index contributed by atoms with van der Waals surface area (Å²) in [6.45, 7) is 13.5. The van der Waals surface area contributed by atoms with Gasteiger partial charge in [0.15, 0.2) is 0 Å². The van der Waals surface area contributed by atoms with E-state index >= 15 is 0 Å². The van der Waals surface area contributed by atoms with Gasteiger partial charge in [-0.2, -0.15) is 0 Å². The minimum absolute atomic E-state index is 0.0256. The van der Waals surface area contributed by atoms with E-state index in [1.54, 1.807) is 0 Å². The first-order chi connectivity index (χ1) is 8.39. The molecule has 98 valence electrons. The fourth-order valence-corrected chi connectivity index (χ4v) is 3.89. The summed E-state index contributed by atoms with van der Waals surface area (Å²) in [5.41, 5.74) is 10.2. The number of benzene rings is 1. The molecule has 0 saturated carbocycles. The lowest BCUT2D eigenvalue weighted by Gasteiger charge is -2.45.